The van der Waals surface area contributed by atoms with Gasteiger partial charge in [-0.2, -0.15) is 0 Å². The summed E-state index contributed by atoms with van der Waals surface area (Å²) < 4.78 is 5.41. The first-order valence-electron chi connectivity index (χ1n) is 6.58. The molecule has 0 radical (unpaired) electrons. The highest BCUT2D eigenvalue weighted by Crippen LogP contribution is 2.37. The van der Waals surface area contributed by atoms with Crippen LogP contribution in [0.5, 0.6) is 0 Å². The average molecular weight is 258 g/mol. The minimum Gasteiger partial charge on any atom is -0.466 e. The summed E-state index contributed by atoms with van der Waals surface area (Å²) in [6.45, 7) is 9.36. The van der Waals surface area contributed by atoms with E-state index in [0.29, 0.717) is 6.61 Å². The molecule has 0 aliphatic heterocycles. The number of rotatable bonds is 4. The summed E-state index contributed by atoms with van der Waals surface area (Å²) in [6.07, 6.45) is 2.72. The highest BCUT2D eigenvalue weighted by atomic mass is 28.3. The Bertz CT molecular complexity index is 262. The molecule has 17 heavy (non-hydrogen) atoms. The predicted octanol–water partition coefficient (Wildman–Crippen LogP) is 2.81. The first-order valence-corrected chi connectivity index (χ1v) is 10.3. The first kappa shape index (κ1) is 14.7. The van der Waals surface area contributed by atoms with Crippen LogP contribution in [0.15, 0.2) is 0 Å². The van der Waals surface area contributed by atoms with E-state index in [1.807, 2.05) is 6.92 Å². The molecule has 1 saturated carbocycles. The van der Waals surface area contributed by atoms with Gasteiger partial charge in [-0.1, -0.05) is 19.6 Å². The highest BCUT2D eigenvalue weighted by Gasteiger charge is 2.38. The third-order valence-corrected chi connectivity index (χ3v) is 5.34. The van der Waals surface area contributed by atoms with Crippen molar-refractivity contribution in [1.82, 2.24) is 0 Å². The number of hydrogen-bond acceptors (Lipinski definition) is 3. The van der Waals surface area contributed by atoms with Crippen LogP contribution in [0.3, 0.4) is 0 Å². The molecule has 0 spiro atoms. The van der Waals surface area contributed by atoms with E-state index in [9.17, 15) is 9.90 Å². The van der Waals surface area contributed by atoms with Crippen molar-refractivity contribution in [3.05, 3.63) is 0 Å². The van der Waals surface area contributed by atoms with Gasteiger partial charge < -0.3 is 9.84 Å². The van der Waals surface area contributed by atoms with Crippen LogP contribution < -0.4 is 0 Å². The largest absolute Gasteiger partial charge is 0.466 e. The molecule has 0 aromatic heterocycles. The van der Waals surface area contributed by atoms with Crippen LogP contribution in [-0.2, 0) is 9.53 Å². The van der Waals surface area contributed by atoms with E-state index in [4.69, 9.17) is 4.74 Å². The van der Waals surface area contributed by atoms with Gasteiger partial charge >= 0.3 is 5.97 Å². The van der Waals surface area contributed by atoms with E-state index in [-0.39, 0.29) is 17.5 Å². The Hall–Kier alpha value is -0.353. The lowest BCUT2D eigenvalue weighted by Gasteiger charge is -2.33. The number of carbonyl (C=O) groups excluding carboxylic acids is 1. The average Bonchev–Trinajstić information content (AvgIpc) is 2.21. The summed E-state index contributed by atoms with van der Waals surface area (Å²) >= 11 is 0. The van der Waals surface area contributed by atoms with E-state index < -0.39 is 8.07 Å². The molecule has 0 saturated heterocycles. The summed E-state index contributed by atoms with van der Waals surface area (Å²) in [5.74, 6) is -0.0670. The fourth-order valence-electron chi connectivity index (χ4n) is 2.07. The molecule has 0 heterocycles. The summed E-state index contributed by atoms with van der Waals surface area (Å²) in [5.41, 5.74) is -0.362. The standard InChI is InChI=1S/C13H26O3Si/c1-13(7-5-11(14)6-8-13)12(15)16-9-10-17(2,3)4/h11,14H,5-10H2,1-4H3. The fraction of sp³-hybridized carbons (Fsp3) is 0.923. The van der Waals surface area contributed by atoms with E-state index in [2.05, 4.69) is 19.6 Å². The van der Waals surface area contributed by atoms with Gasteiger partial charge in [-0.15, -0.1) is 0 Å². The molecule has 1 rings (SSSR count). The van der Waals surface area contributed by atoms with Gasteiger partial charge in [0.05, 0.1) is 18.1 Å². The van der Waals surface area contributed by atoms with E-state index in [1.165, 1.54) is 0 Å². The van der Waals surface area contributed by atoms with Gasteiger partial charge in [0.15, 0.2) is 0 Å². The van der Waals surface area contributed by atoms with Crippen molar-refractivity contribution in [2.24, 2.45) is 5.41 Å². The van der Waals surface area contributed by atoms with E-state index in [0.717, 1.165) is 31.7 Å². The van der Waals surface area contributed by atoms with Gasteiger partial charge in [-0.3, -0.25) is 4.79 Å². The van der Waals surface area contributed by atoms with Crippen LogP contribution in [0.4, 0.5) is 0 Å². The van der Waals surface area contributed by atoms with Gasteiger partial charge in [-0.05, 0) is 38.7 Å². The first-order chi connectivity index (χ1) is 7.73. The maximum Gasteiger partial charge on any atom is 0.311 e. The SMILES string of the molecule is CC1(C(=O)OCC[Si](C)(C)C)CCC(O)CC1. The smallest absolute Gasteiger partial charge is 0.311 e. The van der Waals surface area contributed by atoms with Gasteiger partial charge in [0.2, 0.25) is 0 Å². The maximum atomic E-state index is 12.0. The second kappa shape index (κ2) is 5.53. The minimum atomic E-state index is -1.13. The molecule has 0 unspecified atom stereocenters. The zero-order chi connectivity index (χ0) is 13.1. The van der Waals surface area contributed by atoms with Crippen LogP contribution >= 0.6 is 0 Å². The molecule has 1 fully saturated rings. The molecule has 0 atom stereocenters. The number of aliphatic hydroxyl groups is 1. The number of aliphatic hydroxyl groups excluding tert-OH is 1. The number of esters is 1. The maximum absolute atomic E-state index is 12.0. The van der Waals surface area contributed by atoms with Crippen molar-refractivity contribution in [1.29, 1.82) is 0 Å². The Morgan fingerprint density at radius 2 is 1.88 bits per heavy atom. The van der Waals surface area contributed by atoms with Crippen LogP contribution in [0, 0.1) is 5.41 Å². The summed E-state index contributed by atoms with van der Waals surface area (Å²) in [7, 11) is -1.13. The molecule has 4 heteroatoms. The topological polar surface area (TPSA) is 46.5 Å². The normalized spacial score (nSPS) is 30.1. The monoisotopic (exact) mass is 258 g/mol. The fourth-order valence-corrected chi connectivity index (χ4v) is 2.78. The molecule has 3 nitrogen and oxygen atoms in total. The molecule has 0 amide bonds. The Balaban J connectivity index is 2.37. The van der Waals surface area contributed by atoms with Gasteiger partial charge in [0.25, 0.3) is 0 Å². The molecule has 0 aromatic rings. The predicted molar refractivity (Wildman–Crippen MR) is 71.7 cm³/mol. The molecular formula is C13H26O3Si. The Kier molecular flexibility index (Phi) is 4.78. The van der Waals surface area contributed by atoms with Crippen molar-refractivity contribution in [2.45, 2.75) is 64.4 Å². The highest BCUT2D eigenvalue weighted by molar-refractivity contribution is 6.76. The van der Waals surface area contributed by atoms with Crippen molar-refractivity contribution in [3.63, 3.8) is 0 Å². The molecule has 1 N–H and O–H groups in total. The number of ether oxygens (including phenoxy) is 1. The lowest BCUT2D eigenvalue weighted by atomic mass is 9.75. The van der Waals surface area contributed by atoms with Crippen LogP contribution in [0.2, 0.25) is 25.7 Å². The van der Waals surface area contributed by atoms with Gasteiger partial charge in [0.1, 0.15) is 0 Å². The van der Waals surface area contributed by atoms with Crippen LogP contribution in [0.25, 0.3) is 0 Å². The number of hydrogen-bond donors (Lipinski definition) is 1. The molecule has 1 aliphatic carbocycles. The van der Waals surface area contributed by atoms with Crippen molar-refractivity contribution < 1.29 is 14.6 Å². The molecule has 1 aliphatic rings. The summed E-state index contributed by atoms with van der Waals surface area (Å²) in [6, 6.07) is 1.03. The Morgan fingerprint density at radius 3 is 2.35 bits per heavy atom. The molecule has 0 aromatic carbocycles. The Labute approximate surface area is 106 Å². The van der Waals surface area contributed by atoms with Crippen molar-refractivity contribution >= 4 is 14.0 Å². The van der Waals surface area contributed by atoms with Crippen LogP contribution in [0.1, 0.15) is 32.6 Å². The zero-order valence-electron chi connectivity index (χ0n) is 11.6. The van der Waals surface area contributed by atoms with Crippen LogP contribution in [-0.4, -0.2) is 31.9 Å². The van der Waals surface area contributed by atoms with E-state index in [1.54, 1.807) is 0 Å². The summed E-state index contributed by atoms with van der Waals surface area (Å²) in [4.78, 5) is 12.0. The molecule has 0 bridgehead atoms. The zero-order valence-corrected chi connectivity index (χ0v) is 12.6. The van der Waals surface area contributed by atoms with Crippen molar-refractivity contribution in [2.75, 3.05) is 6.61 Å². The van der Waals surface area contributed by atoms with Gasteiger partial charge in [-0.25, -0.2) is 0 Å². The third kappa shape index (κ3) is 4.80. The minimum absolute atomic E-state index is 0.0670. The third-order valence-electron chi connectivity index (χ3n) is 3.64. The Morgan fingerprint density at radius 1 is 1.35 bits per heavy atom. The van der Waals surface area contributed by atoms with E-state index >= 15 is 0 Å². The molecule has 100 valence electrons. The van der Waals surface area contributed by atoms with Crippen molar-refractivity contribution in [3.8, 4) is 0 Å². The number of carbonyl (C=O) groups is 1. The lowest BCUT2D eigenvalue weighted by Crippen LogP contribution is -2.36. The lowest BCUT2D eigenvalue weighted by molar-refractivity contribution is -0.157. The quantitative estimate of drug-likeness (QED) is 0.623. The second-order valence-corrected chi connectivity index (χ2v) is 12.4. The second-order valence-electron chi connectivity index (χ2n) is 6.74. The summed E-state index contributed by atoms with van der Waals surface area (Å²) in [5, 5.41) is 9.46. The molecular weight excluding hydrogens is 232 g/mol. The van der Waals surface area contributed by atoms with Gasteiger partial charge in [0, 0.05) is 8.07 Å².